The Labute approximate surface area is 135 Å². The molecule has 0 atom stereocenters. The molecule has 1 aliphatic carbocycles. The Hall–Kier alpha value is -1.73. The summed E-state index contributed by atoms with van der Waals surface area (Å²) in [6.45, 7) is -0.141. The lowest BCUT2D eigenvalue weighted by Gasteiger charge is -2.30. The van der Waals surface area contributed by atoms with Crippen LogP contribution in [0.1, 0.15) is 36.8 Å². The van der Waals surface area contributed by atoms with Crippen molar-refractivity contribution in [3.63, 3.8) is 0 Å². The highest BCUT2D eigenvalue weighted by atomic mass is 19.4. The number of alkyl halides is 6. The molecule has 24 heavy (non-hydrogen) atoms. The normalized spacial score (nSPS) is 17.8. The van der Waals surface area contributed by atoms with Gasteiger partial charge in [-0.3, -0.25) is 4.79 Å². The molecule has 2 rings (SSSR count). The first-order valence-corrected chi connectivity index (χ1v) is 7.57. The lowest BCUT2D eigenvalue weighted by molar-refractivity contribution is -0.220. The molecule has 1 fully saturated rings. The van der Waals surface area contributed by atoms with Crippen molar-refractivity contribution in [3.8, 4) is 0 Å². The van der Waals surface area contributed by atoms with Crippen LogP contribution in [0.15, 0.2) is 24.3 Å². The lowest BCUT2D eigenvalue weighted by Crippen LogP contribution is -2.49. The van der Waals surface area contributed by atoms with E-state index >= 15 is 0 Å². The van der Waals surface area contributed by atoms with E-state index in [2.05, 4.69) is 5.32 Å². The van der Waals surface area contributed by atoms with Gasteiger partial charge in [-0.15, -0.1) is 0 Å². The van der Waals surface area contributed by atoms with Crippen molar-refractivity contribution in [1.82, 2.24) is 5.32 Å². The third-order valence-electron chi connectivity index (χ3n) is 4.39. The molecule has 0 saturated heterocycles. The van der Waals surface area contributed by atoms with Crippen LogP contribution in [-0.4, -0.2) is 18.6 Å². The largest absolute Gasteiger partial charge is 0.416 e. The number of amides is 1. The number of carbonyl (C=O) groups is 1. The van der Waals surface area contributed by atoms with Gasteiger partial charge in [0.05, 0.1) is 5.56 Å². The molecule has 1 amide bonds. The molecule has 0 aromatic heterocycles. The fraction of sp³-hybridized carbons (Fsp3) is 0.562. The van der Waals surface area contributed by atoms with E-state index in [1.807, 2.05) is 0 Å². The van der Waals surface area contributed by atoms with Gasteiger partial charge in [0.25, 0.3) is 0 Å². The molecule has 0 spiro atoms. The van der Waals surface area contributed by atoms with Crippen LogP contribution in [0.3, 0.4) is 0 Å². The summed E-state index contributed by atoms with van der Waals surface area (Å²) in [6.07, 6.45) is -8.89. The Morgan fingerprint density at radius 2 is 1.71 bits per heavy atom. The molecule has 1 aromatic rings. The van der Waals surface area contributed by atoms with E-state index in [-0.39, 0.29) is 25.8 Å². The second kappa shape index (κ2) is 6.64. The second-order valence-electron chi connectivity index (χ2n) is 5.99. The molecule has 0 bridgehead atoms. The molecule has 1 N–H and O–H groups in total. The number of benzene rings is 1. The van der Waals surface area contributed by atoms with Crippen LogP contribution < -0.4 is 5.32 Å². The molecule has 1 saturated carbocycles. The van der Waals surface area contributed by atoms with Gasteiger partial charge in [-0.25, -0.2) is 0 Å². The van der Waals surface area contributed by atoms with Gasteiger partial charge in [0.15, 0.2) is 0 Å². The third-order valence-corrected chi connectivity index (χ3v) is 4.39. The van der Waals surface area contributed by atoms with Crippen LogP contribution in [0.5, 0.6) is 0 Å². The summed E-state index contributed by atoms with van der Waals surface area (Å²) in [5.74, 6) is -1.08. The SMILES string of the molecule is O=C(NCCc1cccc(C(F)(F)F)c1)C1(C(F)(F)F)CCCC1. The van der Waals surface area contributed by atoms with Gasteiger partial charge in [-0.05, 0) is 30.9 Å². The van der Waals surface area contributed by atoms with E-state index in [1.54, 1.807) is 0 Å². The van der Waals surface area contributed by atoms with Crippen molar-refractivity contribution >= 4 is 5.91 Å². The van der Waals surface area contributed by atoms with Gasteiger partial charge in [-0.2, -0.15) is 26.3 Å². The number of nitrogens with one attached hydrogen (secondary N) is 1. The number of hydrogen-bond acceptors (Lipinski definition) is 1. The summed E-state index contributed by atoms with van der Waals surface area (Å²) in [5.41, 5.74) is -2.88. The van der Waals surface area contributed by atoms with E-state index in [4.69, 9.17) is 0 Å². The van der Waals surface area contributed by atoms with E-state index < -0.39 is 29.2 Å². The summed E-state index contributed by atoms with van der Waals surface area (Å²) >= 11 is 0. The standard InChI is InChI=1S/C16H17F6NO/c17-15(18,19)12-5-3-4-11(10-12)6-9-23-13(24)14(16(20,21)22)7-1-2-8-14/h3-5,10H,1-2,6-9H2,(H,23,24). The summed E-state index contributed by atoms with van der Waals surface area (Å²) in [6, 6.07) is 4.52. The first-order chi connectivity index (χ1) is 11.1. The first kappa shape index (κ1) is 18.6. The van der Waals surface area contributed by atoms with Crippen LogP contribution in [0.2, 0.25) is 0 Å². The minimum Gasteiger partial charge on any atom is -0.355 e. The van der Waals surface area contributed by atoms with Crippen molar-refractivity contribution in [2.45, 2.75) is 44.5 Å². The fourth-order valence-corrected chi connectivity index (χ4v) is 3.01. The molecule has 8 heteroatoms. The average molecular weight is 353 g/mol. The molecule has 0 unspecified atom stereocenters. The minimum absolute atomic E-state index is 0.0313. The Balaban J connectivity index is 1.98. The van der Waals surface area contributed by atoms with Crippen LogP contribution >= 0.6 is 0 Å². The monoisotopic (exact) mass is 353 g/mol. The van der Waals surface area contributed by atoms with E-state index in [9.17, 15) is 31.1 Å². The molecule has 0 heterocycles. The summed E-state index contributed by atoms with van der Waals surface area (Å²) < 4.78 is 77.5. The Bertz CT molecular complexity index is 587. The van der Waals surface area contributed by atoms with Crippen LogP contribution in [0.4, 0.5) is 26.3 Å². The van der Waals surface area contributed by atoms with Gasteiger partial charge in [0, 0.05) is 6.54 Å². The van der Waals surface area contributed by atoms with Crippen molar-refractivity contribution in [2.75, 3.05) is 6.54 Å². The van der Waals surface area contributed by atoms with Gasteiger partial charge < -0.3 is 5.32 Å². The smallest absolute Gasteiger partial charge is 0.355 e. The molecular weight excluding hydrogens is 336 g/mol. The molecule has 134 valence electrons. The summed E-state index contributed by atoms with van der Waals surface area (Å²) in [7, 11) is 0. The molecule has 1 aliphatic rings. The van der Waals surface area contributed by atoms with Crippen LogP contribution in [0.25, 0.3) is 0 Å². The Morgan fingerprint density at radius 3 is 2.25 bits per heavy atom. The average Bonchev–Trinajstić information content (AvgIpc) is 2.97. The molecule has 1 aromatic carbocycles. The lowest BCUT2D eigenvalue weighted by atomic mass is 9.84. The zero-order valence-corrected chi connectivity index (χ0v) is 12.7. The van der Waals surface area contributed by atoms with Crippen LogP contribution in [-0.2, 0) is 17.4 Å². The Kier molecular flexibility index (Phi) is 5.15. The fourth-order valence-electron chi connectivity index (χ4n) is 3.01. The number of halogens is 6. The van der Waals surface area contributed by atoms with Gasteiger partial charge in [-0.1, -0.05) is 31.0 Å². The highest BCUT2D eigenvalue weighted by molar-refractivity contribution is 5.83. The number of carbonyl (C=O) groups excluding carboxylic acids is 1. The zero-order chi connectivity index (χ0) is 18.0. The van der Waals surface area contributed by atoms with Crippen molar-refractivity contribution in [1.29, 1.82) is 0 Å². The predicted molar refractivity (Wildman–Crippen MR) is 75.1 cm³/mol. The maximum Gasteiger partial charge on any atom is 0.416 e. The van der Waals surface area contributed by atoms with E-state index in [1.165, 1.54) is 12.1 Å². The minimum atomic E-state index is -4.62. The molecule has 0 radical (unpaired) electrons. The van der Waals surface area contributed by atoms with Crippen molar-refractivity contribution in [2.24, 2.45) is 5.41 Å². The molecule has 0 aliphatic heterocycles. The highest BCUT2D eigenvalue weighted by Gasteiger charge is 2.60. The van der Waals surface area contributed by atoms with Gasteiger partial charge >= 0.3 is 12.4 Å². The maximum atomic E-state index is 13.2. The first-order valence-electron chi connectivity index (χ1n) is 7.57. The molecular formula is C16H17F6NO. The number of hydrogen-bond donors (Lipinski definition) is 1. The van der Waals surface area contributed by atoms with Crippen LogP contribution in [0, 0.1) is 5.41 Å². The highest BCUT2D eigenvalue weighted by Crippen LogP contribution is 2.50. The van der Waals surface area contributed by atoms with E-state index in [0.29, 0.717) is 18.4 Å². The maximum absolute atomic E-state index is 13.2. The predicted octanol–water partition coefficient (Wildman–Crippen LogP) is 4.49. The summed E-state index contributed by atoms with van der Waals surface area (Å²) in [4.78, 5) is 12.0. The topological polar surface area (TPSA) is 29.1 Å². The quantitative estimate of drug-likeness (QED) is 0.794. The van der Waals surface area contributed by atoms with Gasteiger partial charge in [0.1, 0.15) is 5.41 Å². The number of rotatable bonds is 4. The van der Waals surface area contributed by atoms with E-state index in [0.717, 1.165) is 12.1 Å². The zero-order valence-electron chi connectivity index (χ0n) is 12.7. The van der Waals surface area contributed by atoms with Gasteiger partial charge in [0.2, 0.25) is 5.91 Å². The Morgan fingerprint density at radius 1 is 1.08 bits per heavy atom. The van der Waals surface area contributed by atoms with Crippen molar-refractivity contribution < 1.29 is 31.1 Å². The second-order valence-corrected chi connectivity index (χ2v) is 5.99. The third kappa shape index (κ3) is 3.84. The summed E-state index contributed by atoms with van der Waals surface area (Å²) in [5, 5.41) is 2.24. The molecule has 2 nitrogen and oxygen atoms in total. The van der Waals surface area contributed by atoms with Crippen molar-refractivity contribution in [3.05, 3.63) is 35.4 Å².